The average molecular weight is 449 g/mol. The van der Waals surface area contributed by atoms with Crippen LogP contribution >= 0.6 is 0 Å². The molecule has 0 radical (unpaired) electrons. The van der Waals surface area contributed by atoms with Gasteiger partial charge in [-0.1, -0.05) is 6.07 Å². The monoisotopic (exact) mass is 448 g/mol. The van der Waals surface area contributed by atoms with E-state index in [1.54, 1.807) is 17.6 Å². The van der Waals surface area contributed by atoms with Crippen molar-refractivity contribution in [3.63, 3.8) is 0 Å². The Balaban J connectivity index is 1.29. The molecule has 2 N–H and O–H groups in total. The number of piperidine rings is 1. The summed E-state index contributed by atoms with van der Waals surface area (Å²) in [6, 6.07) is 7.81. The molecule has 176 valence electrons. The second-order valence-corrected chi connectivity index (χ2v) is 11.4. The maximum atomic E-state index is 13.0. The van der Waals surface area contributed by atoms with Crippen LogP contribution in [0.2, 0.25) is 0 Å². The summed E-state index contributed by atoms with van der Waals surface area (Å²) in [5.41, 5.74) is 3.59. The first-order chi connectivity index (χ1) is 16.1. The number of amides is 2. The lowest BCUT2D eigenvalue weighted by atomic mass is 9.43. The van der Waals surface area contributed by atoms with Crippen LogP contribution in [0.1, 0.15) is 56.1 Å². The standard InChI is InChI=1S/C27H36N4O2/c1-33-20-5-4-19-14-24-26-8-6-21(23(7-9-26)29-25(32)31-13-11-28-17-31)27(26,22(19)15-20)10-12-30(24)16-18-2-3-18/h4-5,11,13,15,18,21,23-24,28H,2-3,6-10,12,14,16-17H2,1H3,(H,29,32). The van der Waals surface area contributed by atoms with Gasteiger partial charge >= 0.3 is 6.03 Å². The summed E-state index contributed by atoms with van der Waals surface area (Å²) in [4.78, 5) is 17.7. The smallest absolute Gasteiger partial charge is 0.323 e. The number of nitrogens with one attached hydrogen (secondary N) is 2. The number of nitrogens with zero attached hydrogens (tertiary/aromatic N) is 2. The van der Waals surface area contributed by atoms with Crippen molar-refractivity contribution in [1.82, 2.24) is 20.4 Å². The van der Waals surface area contributed by atoms with Gasteiger partial charge in [0.25, 0.3) is 0 Å². The van der Waals surface area contributed by atoms with Crippen LogP contribution in [0.25, 0.3) is 0 Å². The molecule has 5 unspecified atom stereocenters. The van der Waals surface area contributed by atoms with Crippen molar-refractivity contribution in [1.29, 1.82) is 0 Å². The summed E-state index contributed by atoms with van der Waals surface area (Å²) in [6.45, 7) is 3.07. The van der Waals surface area contributed by atoms with E-state index in [2.05, 4.69) is 33.7 Å². The molecule has 0 spiro atoms. The number of rotatable bonds is 4. The van der Waals surface area contributed by atoms with Gasteiger partial charge in [-0.05, 0) is 98.4 Å². The van der Waals surface area contributed by atoms with Gasteiger partial charge in [0.15, 0.2) is 0 Å². The Morgan fingerprint density at radius 3 is 2.88 bits per heavy atom. The van der Waals surface area contributed by atoms with Gasteiger partial charge in [0.05, 0.1) is 13.8 Å². The zero-order valence-electron chi connectivity index (χ0n) is 19.7. The van der Waals surface area contributed by atoms with E-state index in [-0.39, 0.29) is 17.5 Å². The minimum Gasteiger partial charge on any atom is -0.497 e. The Morgan fingerprint density at radius 1 is 1.21 bits per heavy atom. The zero-order chi connectivity index (χ0) is 22.2. The number of methoxy groups -OCH3 is 1. The molecule has 4 bridgehead atoms. The van der Waals surface area contributed by atoms with Crippen LogP contribution < -0.4 is 15.4 Å². The summed E-state index contributed by atoms with van der Waals surface area (Å²) in [6.07, 6.45) is 13.8. The van der Waals surface area contributed by atoms with Crippen molar-refractivity contribution in [2.24, 2.45) is 17.3 Å². The van der Waals surface area contributed by atoms with Gasteiger partial charge < -0.3 is 15.4 Å². The van der Waals surface area contributed by atoms with Gasteiger partial charge in [0.2, 0.25) is 0 Å². The maximum absolute atomic E-state index is 13.0. The van der Waals surface area contributed by atoms with E-state index in [0.717, 1.165) is 18.1 Å². The zero-order valence-corrected chi connectivity index (χ0v) is 19.7. The Morgan fingerprint density at radius 2 is 2.09 bits per heavy atom. The van der Waals surface area contributed by atoms with Crippen molar-refractivity contribution < 1.29 is 9.53 Å². The molecule has 1 aromatic rings. The summed E-state index contributed by atoms with van der Waals surface area (Å²) >= 11 is 0. The van der Waals surface area contributed by atoms with Crippen LogP contribution in [0.4, 0.5) is 4.79 Å². The van der Waals surface area contributed by atoms with E-state index in [1.807, 2.05) is 12.4 Å². The highest BCUT2D eigenvalue weighted by Gasteiger charge is 2.71. The molecule has 6 heteroatoms. The molecule has 33 heavy (non-hydrogen) atoms. The lowest BCUT2D eigenvalue weighted by Gasteiger charge is -2.66. The average Bonchev–Trinajstić information content (AvgIpc) is 3.39. The van der Waals surface area contributed by atoms with Gasteiger partial charge in [0.1, 0.15) is 5.75 Å². The highest BCUT2D eigenvalue weighted by Crippen LogP contribution is 2.72. The molecule has 2 heterocycles. The van der Waals surface area contributed by atoms with E-state index in [1.165, 1.54) is 63.6 Å². The minimum absolute atomic E-state index is 0.0430. The van der Waals surface area contributed by atoms with Crippen LogP contribution in [0.15, 0.2) is 30.6 Å². The summed E-state index contributed by atoms with van der Waals surface area (Å²) < 4.78 is 5.72. The van der Waals surface area contributed by atoms with Crippen molar-refractivity contribution in [3.8, 4) is 5.75 Å². The molecule has 1 aromatic carbocycles. The van der Waals surface area contributed by atoms with E-state index in [0.29, 0.717) is 24.0 Å². The van der Waals surface area contributed by atoms with Gasteiger partial charge in [-0.2, -0.15) is 0 Å². The van der Waals surface area contributed by atoms with Crippen LogP contribution in [-0.4, -0.2) is 54.8 Å². The van der Waals surface area contributed by atoms with E-state index >= 15 is 0 Å². The quantitative estimate of drug-likeness (QED) is 0.739. The molecule has 0 aromatic heterocycles. The number of urea groups is 1. The minimum atomic E-state index is 0.0430. The summed E-state index contributed by atoms with van der Waals surface area (Å²) in [7, 11) is 1.79. The number of carbonyl (C=O) groups excluding carboxylic acids is 1. The van der Waals surface area contributed by atoms with Crippen LogP contribution in [-0.2, 0) is 11.8 Å². The molecule has 4 aliphatic carbocycles. The molecule has 2 aliphatic heterocycles. The number of carbonyl (C=O) groups is 1. The number of fused-ring (bicyclic) bond motifs is 1. The first-order valence-electron chi connectivity index (χ1n) is 13.0. The fourth-order valence-corrected chi connectivity index (χ4v) is 8.81. The molecule has 2 amide bonds. The molecule has 4 fully saturated rings. The van der Waals surface area contributed by atoms with Gasteiger partial charge in [-0.25, -0.2) is 4.79 Å². The number of ether oxygens (including phenoxy) is 1. The molecular formula is C27H36N4O2. The number of likely N-dealkylation sites (tertiary alicyclic amines) is 1. The number of hydrogen-bond donors (Lipinski definition) is 2. The fourth-order valence-electron chi connectivity index (χ4n) is 8.81. The fraction of sp³-hybridized carbons (Fsp3) is 0.667. The second-order valence-electron chi connectivity index (χ2n) is 11.4. The summed E-state index contributed by atoms with van der Waals surface area (Å²) in [5, 5.41) is 6.60. The molecule has 7 rings (SSSR count). The Bertz CT molecular complexity index is 1010. The normalized spacial score (nSPS) is 38.5. The topological polar surface area (TPSA) is 56.8 Å². The van der Waals surface area contributed by atoms with E-state index in [4.69, 9.17) is 4.74 Å². The molecule has 5 atom stereocenters. The molecule has 3 saturated carbocycles. The predicted octanol–water partition coefficient (Wildman–Crippen LogP) is 3.58. The third-order valence-electron chi connectivity index (χ3n) is 10.3. The van der Waals surface area contributed by atoms with Crippen molar-refractivity contribution in [3.05, 3.63) is 41.7 Å². The first kappa shape index (κ1) is 20.2. The third kappa shape index (κ3) is 2.73. The highest BCUT2D eigenvalue weighted by atomic mass is 16.5. The third-order valence-corrected chi connectivity index (χ3v) is 10.3. The van der Waals surface area contributed by atoms with Gasteiger partial charge in [-0.15, -0.1) is 0 Å². The van der Waals surface area contributed by atoms with Gasteiger partial charge in [-0.3, -0.25) is 9.80 Å². The highest BCUT2D eigenvalue weighted by molar-refractivity contribution is 5.76. The maximum Gasteiger partial charge on any atom is 0.323 e. The van der Waals surface area contributed by atoms with Gasteiger partial charge in [0, 0.05) is 36.4 Å². The van der Waals surface area contributed by atoms with Crippen LogP contribution in [0, 0.1) is 17.3 Å². The number of hydrogen-bond acceptors (Lipinski definition) is 4. The van der Waals surface area contributed by atoms with Crippen LogP contribution in [0.3, 0.4) is 0 Å². The second kappa shape index (κ2) is 7.14. The van der Waals surface area contributed by atoms with E-state index < -0.39 is 0 Å². The Hall–Kier alpha value is -2.21. The molecule has 6 aliphatic rings. The van der Waals surface area contributed by atoms with E-state index in [9.17, 15) is 4.79 Å². The SMILES string of the molecule is COc1ccc2c(c1)C13CCN(CC4CC4)C(C2)C12CCC(NC(=O)N1C=CNC1)C3CC2. The summed E-state index contributed by atoms with van der Waals surface area (Å²) in [5.74, 6) is 2.42. The predicted molar refractivity (Wildman–Crippen MR) is 127 cm³/mol. The molecule has 1 saturated heterocycles. The van der Waals surface area contributed by atoms with Crippen molar-refractivity contribution in [2.75, 3.05) is 26.9 Å². The number of benzene rings is 1. The lowest BCUT2D eigenvalue weighted by Crippen LogP contribution is -2.70. The van der Waals surface area contributed by atoms with Crippen molar-refractivity contribution >= 4 is 6.03 Å². The molecular weight excluding hydrogens is 412 g/mol. The van der Waals surface area contributed by atoms with Crippen molar-refractivity contribution in [2.45, 2.75) is 68.9 Å². The Labute approximate surface area is 196 Å². The lowest BCUT2D eigenvalue weighted by molar-refractivity contribution is -0.0947. The largest absolute Gasteiger partial charge is 0.497 e. The molecule has 6 nitrogen and oxygen atoms in total. The first-order valence-corrected chi connectivity index (χ1v) is 13.0. The van der Waals surface area contributed by atoms with Crippen LogP contribution in [0.5, 0.6) is 5.75 Å². The Kier molecular flexibility index (Phi) is 4.37.